The van der Waals surface area contributed by atoms with E-state index in [1.165, 1.54) is 19.3 Å². The van der Waals surface area contributed by atoms with Gasteiger partial charge in [-0.15, -0.1) is 0 Å². The number of carbonyl (C=O) groups excluding carboxylic acids is 1. The molecule has 0 saturated carbocycles. The van der Waals surface area contributed by atoms with Crippen LogP contribution in [0.1, 0.15) is 29.8 Å². The Kier molecular flexibility index (Phi) is 5.30. The van der Waals surface area contributed by atoms with E-state index in [9.17, 15) is 4.79 Å². The number of carbonyl (C=O) groups is 1. The van der Waals surface area contributed by atoms with Crippen LogP contribution in [0.15, 0.2) is 67.0 Å². The van der Waals surface area contributed by atoms with Crippen molar-refractivity contribution in [3.8, 4) is 11.1 Å². The zero-order valence-electron chi connectivity index (χ0n) is 17.0. The summed E-state index contributed by atoms with van der Waals surface area (Å²) in [6.07, 6.45) is 7.10. The van der Waals surface area contributed by atoms with E-state index in [0.717, 1.165) is 35.6 Å². The van der Waals surface area contributed by atoms with Crippen LogP contribution in [0.25, 0.3) is 16.8 Å². The van der Waals surface area contributed by atoms with Gasteiger partial charge in [-0.25, -0.2) is 9.50 Å². The Morgan fingerprint density at radius 3 is 2.68 bits per heavy atom. The highest BCUT2D eigenvalue weighted by molar-refractivity contribution is 6.30. The molecule has 0 atom stereocenters. The van der Waals surface area contributed by atoms with E-state index < -0.39 is 0 Å². The number of fused-ring (bicyclic) bond motifs is 1. The summed E-state index contributed by atoms with van der Waals surface area (Å²) in [4.78, 5) is 20.0. The number of aromatic nitrogens is 3. The Morgan fingerprint density at radius 1 is 1.00 bits per heavy atom. The lowest BCUT2D eigenvalue weighted by Crippen LogP contribution is -2.30. The molecule has 0 unspecified atom stereocenters. The summed E-state index contributed by atoms with van der Waals surface area (Å²) in [7, 11) is 0. The third kappa shape index (κ3) is 3.99. The summed E-state index contributed by atoms with van der Waals surface area (Å²) >= 11 is 6.15. The molecule has 1 fully saturated rings. The Balaban J connectivity index is 1.45. The lowest BCUT2D eigenvalue weighted by atomic mass is 10.1. The van der Waals surface area contributed by atoms with Crippen molar-refractivity contribution in [1.29, 1.82) is 0 Å². The average Bonchev–Trinajstić information content (AvgIpc) is 3.23. The quantitative estimate of drug-likeness (QED) is 0.476. The van der Waals surface area contributed by atoms with Gasteiger partial charge in [-0.2, -0.15) is 5.10 Å². The van der Waals surface area contributed by atoms with Crippen LogP contribution in [0, 0.1) is 0 Å². The van der Waals surface area contributed by atoms with Gasteiger partial charge in [-0.05, 0) is 55.2 Å². The smallest absolute Gasteiger partial charge is 0.274 e. The van der Waals surface area contributed by atoms with Gasteiger partial charge < -0.3 is 10.2 Å². The molecule has 6 nitrogen and oxygen atoms in total. The van der Waals surface area contributed by atoms with Gasteiger partial charge in [-0.1, -0.05) is 35.9 Å². The molecule has 0 aliphatic carbocycles. The molecule has 2 aromatic carbocycles. The topological polar surface area (TPSA) is 62.5 Å². The van der Waals surface area contributed by atoms with Crippen LogP contribution in [0.5, 0.6) is 0 Å². The first-order valence-electron chi connectivity index (χ1n) is 10.4. The van der Waals surface area contributed by atoms with Crippen molar-refractivity contribution in [3.63, 3.8) is 0 Å². The van der Waals surface area contributed by atoms with Crippen molar-refractivity contribution in [1.82, 2.24) is 14.6 Å². The molecule has 1 saturated heterocycles. The van der Waals surface area contributed by atoms with Gasteiger partial charge in [-0.3, -0.25) is 4.79 Å². The highest BCUT2D eigenvalue weighted by atomic mass is 35.5. The molecule has 7 heteroatoms. The van der Waals surface area contributed by atoms with Crippen molar-refractivity contribution < 1.29 is 4.79 Å². The van der Waals surface area contributed by atoms with E-state index in [1.807, 2.05) is 42.5 Å². The summed E-state index contributed by atoms with van der Waals surface area (Å²) in [5.74, 6) is -0.245. The number of para-hydroxylation sites is 2. The van der Waals surface area contributed by atoms with E-state index in [2.05, 4.69) is 26.4 Å². The molecule has 0 radical (unpaired) electrons. The van der Waals surface area contributed by atoms with E-state index in [4.69, 9.17) is 11.6 Å². The molecular weight excluding hydrogens is 410 g/mol. The molecule has 1 aliphatic heterocycles. The van der Waals surface area contributed by atoms with Crippen molar-refractivity contribution in [2.24, 2.45) is 0 Å². The number of benzene rings is 2. The van der Waals surface area contributed by atoms with E-state index in [0.29, 0.717) is 16.4 Å². The standard InChI is InChI=1S/C24H22ClN5O/c25-18-8-6-7-17(15-18)19-16-26-30-14-11-21(27-23(19)30)24(31)28-20-9-2-3-10-22(20)29-12-4-1-5-13-29/h2-3,6-11,14-16H,1,4-5,12-13H2,(H,28,31). The lowest BCUT2D eigenvalue weighted by molar-refractivity contribution is 0.102. The third-order valence-electron chi connectivity index (χ3n) is 5.59. The highest BCUT2D eigenvalue weighted by Crippen LogP contribution is 2.29. The number of rotatable bonds is 4. The van der Waals surface area contributed by atoms with Crippen molar-refractivity contribution >= 4 is 34.5 Å². The first kappa shape index (κ1) is 19.6. The molecular formula is C24H22ClN5O. The summed E-state index contributed by atoms with van der Waals surface area (Å²) in [5.41, 5.74) is 4.54. The highest BCUT2D eigenvalue weighted by Gasteiger charge is 2.18. The van der Waals surface area contributed by atoms with E-state index >= 15 is 0 Å². The molecule has 4 aromatic rings. The van der Waals surface area contributed by atoms with Gasteiger partial charge in [0.25, 0.3) is 5.91 Å². The molecule has 1 aliphatic rings. The first-order chi connectivity index (χ1) is 15.2. The van der Waals surface area contributed by atoms with E-state index in [-0.39, 0.29) is 5.91 Å². The summed E-state index contributed by atoms with van der Waals surface area (Å²) < 4.78 is 1.66. The minimum absolute atomic E-state index is 0.245. The second-order valence-electron chi connectivity index (χ2n) is 7.67. The van der Waals surface area contributed by atoms with Gasteiger partial charge in [0.1, 0.15) is 5.69 Å². The SMILES string of the molecule is O=C(Nc1ccccc1N1CCCCC1)c1ccn2ncc(-c3cccc(Cl)c3)c2n1. The molecule has 31 heavy (non-hydrogen) atoms. The number of anilines is 2. The maximum absolute atomic E-state index is 13.1. The summed E-state index contributed by atoms with van der Waals surface area (Å²) in [6, 6.07) is 17.1. The number of hydrogen-bond acceptors (Lipinski definition) is 4. The van der Waals surface area contributed by atoms with Crippen LogP contribution >= 0.6 is 11.6 Å². The van der Waals surface area contributed by atoms with Gasteiger partial charge in [0.05, 0.1) is 17.6 Å². The molecule has 0 bridgehead atoms. The van der Waals surface area contributed by atoms with Crippen LogP contribution in [0.2, 0.25) is 5.02 Å². The number of nitrogens with one attached hydrogen (secondary N) is 1. The first-order valence-corrected chi connectivity index (χ1v) is 10.8. The molecule has 5 rings (SSSR count). The maximum Gasteiger partial charge on any atom is 0.274 e. The lowest BCUT2D eigenvalue weighted by Gasteiger charge is -2.30. The summed E-state index contributed by atoms with van der Waals surface area (Å²) in [5, 5.41) is 8.05. The molecule has 1 N–H and O–H groups in total. The number of hydrogen-bond donors (Lipinski definition) is 1. The molecule has 0 spiro atoms. The average molecular weight is 432 g/mol. The predicted molar refractivity (Wildman–Crippen MR) is 124 cm³/mol. The van der Waals surface area contributed by atoms with E-state index in [1.54, 1.807) is 23.0 Å². The van der Waals surface area contributed by atoms with Crippen LogP contribution in [0.4, 0.5) is 11.4 Å². The van der Waals surface area contributed by atoms with Gasteiger partial charge >= 0.3 is 0 Å². The normalized spacial score (nSPS) is 14.0. The molecule has 156 valence electrons. The minimum atomic E-state index is -0.245. The van der Waals surface area contributed by atoms with Crippen molar-refractivity contribution in [2.45, 2.75) is 19.3 Å². The Labute approximate surface area is 185 Å². The van der Waals surface area contributed by atoms with Crippen molar-refractivity contribution in [3.05, 3.63) is 77.7 Å². The molecule has 2 aromatic heterocycles. The zero-order chi connectivity index (χ0) is 21.2. The molecule has 3 heterocycles. The third-order valence-corrected chi connectivity index (χ3v) is 5.82. The molecule has 1 amide bonds. The second-order valence-corrected chi connectivity index (χ2v) is 8.10. The Morgan fingerprint density at radius 2 is 1.84 bits per heavy atom. The fourth-order valence-corrected chi connectivity index (χ4v) is 4.22. The minimum Gasteiger partial charge on any atom is -0.370 e. The van der Waals surface area contributed by atoms with Crippen LogP contribution in [-0.2, 0) is 0 Å². The predicted octanol–water partition coefficient (Wildman–Crippen LogP) is 5.29. The number of nitrogens with zero attached hydrogens (tertiary/aromatic N) is 4. The number of piperidine rings is 1. The fraction of sp³-hybridized carbons (Fsp3) is 0.208. The van der Waals surface area contributed by atoms with Crippen LogP contribution in [-0.4, -0.2) is 33.6 Å². The fourth-order valence-electron chi connectivity index (χ4n) is 4.03. The van der Waals surface area contributed by atoms with Crippen molar-refractivity contribution in [2.75, 3.05) is 23.3 Å². The maximum atomic E-state index is 13.1. The van der Waals surface area contributed by atoms with Crippen LogP contribution in [0.3, 0.4) is 0 Å². The second kappa shape index (κ2) is 8.40. The largest absolute Gasteiger partial charge is 0.370 e. The monoisotopic (exact) mass is 431 g/mol. The summed E-state index contributed by atoms with van der Waals surface area (Å²) in [6.45, 7) is 2.02. The Bertz CT molecular complexity index is 1250. The van der Waals surface area contributed by atoms with Gasteiger partial charge in [0, 0.05) is 29.9 Å². The number of halogens is 1. The van der Waals surface area contributed by atoms with Gasteiger partial charge in [0.2, 0.25) is 0 Å². The number of amides is 1. The van der Waals surface area contributed by atoms with Crippen LogP contribution < -0.4 is 10.2 Å². The van der Waals surface area contributed by atoms with Gasteiger partial charge in [0.15, 0.2) is 5.65 Å². The Hall–Kier alpha value is -3.38. The zero-order valence-corrected chi connectivity index (χ0v) is 17.7.